The molecule has 0 saturated carbocycles. The van der Waals surface area contributed by atoms with Gasteiger partial charge in [0.1, 0.15) is 0 Å². The van der Waals surface area contributed by atoms with Gasteiger partial charge in [-0.05, 0) is 18.1 Å². The van der Waals surface area contributed by atoms with E-state index < -0.39 is 0 Å². The molecule has 74 valence electrons. The molecule has 0 fully saturated rings. The molecule has 1 aromatic rings. The van der Waals surface area contributed by atoms with Crippen LogP contribution in [-0.2, 0) is 0 Å². The summed E-state index contributed by atoms with van der Waals surface area (Å²) < 4.78 is 0. The van der Waals surface area contributed by atoms with Crippen LogP contribution in [0, 0.1) is 0 Å². The molecule has 1 aliphatic rings. The fraction of sp³-hybridized carbons (Fsp3) is 0.0714. The highest BCUT2D eigenvalue weighted by Crippen LogP contribution is 2.10. The van der Waals surface area contributed by atoms with Gasteiger partial charge in [-0.15, -0.1) is 0 Å². The van der Waals surface area contributed by atoms with Crippen LogP contribution < -0.4 is 0 Å². The van der Waals surface area contributed by atoms with E-state index >= 15 is 0 Å². The maximum Gasteiger partial charge on any atom is 0.185 e. The zero-order chi connectivity index (χ0) is 10.5. The summed E-state index contributed by atoms with van der Waals surface area (Å²) in [7, 11) is 0. The summed E-state index contributed by atoms with van der Waals surface area (Å²) in [5.74, 6) is 0.0526. The first-order chi connectivity index (χ1) is 7.36. The summed E-state index contributed by atoms with van der Waals surface area (Å²) in [6.07, 6.45) is 10.6. The Morgan fingerprint density at radius 1 is 1.20 bits per heavy atom. The van der Waals surface area contributed by atoms with E-state index in [4.69, 9.17) is 0 Å². The smallest absolute Gasteiger partial charge is 0.185 e. The maximum absolute atomic E-state index is 11.7. The highest BCUT2D eigenvalue weighted by Gasteiger charge is 1.99. The average Bonchev–Trinajstić information content (AvgIpc) is 2.80. The van der Waals surface area contributed by atoms with Crippen molar-refractivity contribution in [2.24, 2.45) is 0 Å². The van der Waals surface area contributed by atoms with Gasteiger partial charge >= 0.3 is 0 Å². The van der Waals surface area contributed by atoms with Gasteiger partial charge in [-0.25, -0.2) is 0 Å². The van der Waals surface area contributed by atoms with Crippen molar-refractivity contribution in [3.05, 3.63) is 71.8 Å². The van der Waals surface area contributed by atoms with E-state index in [1.165, 1.54) is 0 Å². The molecule has 0 heterocycles. The maximum atomic E-state index is 11.7. The number of benzene rings is 1. The summed E-state index contributed by atoms with van der Waals surface area (Å²) in [6.45, 7) is 0. The normalized spacial score (nSPS) is 14.5. The van der Waals surface area contributed by atoms with Gasteiger partial charge in [0.2, 0.25) is 0 Å². The van der Waals surface area contributed by atoms with Crippen LogP contribution in [0.3, 0.4) is 0 Å². The van der Waals surface area contributed by atoms with Crippen molar-refractivity contribution in [1.29, 1.82) is 0 Å². The van der Waals surface area contributed by atoms with E-state index in [0.29, 0.717) is 0 Å². The van der Waals surface area contributed by atoms with Crippen molar-refractivity contribution >= 4 is 5.78 Å². The number of carbonyl (C=O) groups is 1. The van der Waals surface area contributed by atoms with E-state index in [1.807, 2.05) is 42.5 Å². The zero-order valence-electron chi connectivity index (χ0n) is 8.39. The topological polar surface area (TPSA) is 17.1 Å². The summed E-state index contributed by atoms with van der Waals surface area (Å²) >= 11 is 0. The number of allylic oxidation sites excluding steroid dienone is 6. The molecule has 0 saturated heterocycles. The van der Waals surface area contributed by atoms with E-state index in [1.54, 1.807) is 6.08 Å². The van der Waals surface area contributed by atoms with Crippen LogP contribution in [0.1, 0.15) is 16.8 Å². The van der Waals surface area contributed by atoms with Crippen LogP contribution in [-0.4, -0.2) is 5.78 Å². The van der Waals surface area contributed by atoms with Gasteiger partial charge in [0, 0.05) is 5.56 Å². The van der Waals surface area contributed by atoms with Gasteiger partial charge < -0.3 is 0 Å². The largest absolute Gasteiger partial charge is 0.289 e. The van der Waals surface area contributed by atoms with Crippen LogP contribution in [0.4, 0.5) is 0 Å². The van der Waals surface area contributed by atoms with Crippen molar-refractivity contribution in [2.75, 3.05) is 0 Å². The molecule has 0 spiro atoms. The minimum Gasteiger partial charge on any atom is -0.289 e. The van der Waals surface area contributed by atoms with Gasteiger partial charge in [-0.3, -0.25) is 4.79 Å². The van der Waals surface area contributed by atoms with E-state index in [-0.39, 0.29) is 5.78 Å². The Bertz CT molecular complexity index is 436. The molecule has 1 heteroatoms. The van der Waals surface area contributed by atoms with Gasteiger partial charge in [-0.1, -0.05) is 54.6 Å². The van der Waals surface area contributed by atoms with Gasteiger partial charge in [0.25, 0.3) is 0 Å². The Labute approximate surface area is 89.4 Å². The predicted octanol–water partition coefficient (Wildman–Crippen LogP) is 3.31. The molecule has 0 N–H and O–H groups in total. The fourth-order valence-corrected chi connectivity index (χ4v) is 1.47. The fourth-order valence-electron chi connectivity index (χ4n) is 1.47. The zero-order valence-corrected chi connectivity index (χ0v) is 8.39. The molecule has 0 radical (unpaired) electrons. The third-order valence-corrected chi connectivity index (χ3v) is 2.29. The van der Waals surface area contributed by atoms with Crippen molar-refractivity contribution in [2.45, 2.75) is 6.42 Å². The second-order valence-corrected chi connectivity index (χ2v) is 3.41. The third kappa shape index (κ3) is 2.53. The molecule has 0 atom stereocenters. The van der Waals surface area contributed by atoms with Crippen LogP contribution in [0.2, 0.25) is 0 Å². The van der Waals surface area contributed by atoms with Crippen molar-refractivity contribution in [1.82, 2.24) is 0 Å². The number of hydrogen-bond donors (Lipinski definition) is 0. The van der Waals surface area contributed by atoms with Gasteiger partial charge in [0.15, 0.2) is 5.78 Å². The summed E-state index contributed by atoms with van der Waals surface area (Å²) in [5.41, 5.74) is 1.84. The first-order valence-corrected chi connectivity index (χ1v) is 5.00. The molecule has 1 aromatic carbocycles. The Balaban J connectivity index is 2.07. The molecular weight excluding hydrogens is 184 g/mol. The Morgan fingerprint density at radius 3 is 2.67 bits per heavy atom. The molecule has 2 rings (SSSR count). The molecule has 1 aliphatic carbocycles. The SMILES string of the molecule is O=C(/C=C\C1=CCC=C1)c1ccccc1. The summed E-state index contributed by atoms with van der Waals surface area (Å²) in [4.78, 5) is 11.7. The lowest BCUT2D eigenvalue weighted by Gasteiger charge is -1.93. The third-order valence-electron chi connectivity index (χ3n) is 2.29. The Kier molecular flexibility index (Phi) is 2.93. The van der Waals surface area contributed by atoms with E-state index in [2.05, 4.69) is 12.2 Å². The minimum atomic E-state index is 0.0526. The quantitative estimate of drug-likeness (QED) is 0.535. The lowest BCUT2D eigenvalue weighted by atomic mass is 10.1. The van der Waals surface area contributed by atoms with Gasteiger partial charge in [0.05, 0.1) is 0 Å². The number of hydrogen-bond acceptors (Lipinski definition) is 1. The highest BCUT2D eigenvalue weighted by molar-refractivity contribution is 6.04. The first-order valence-electron chi connectivity index (χ1n) is 5.00. The molecule has 0 unspecified atom stereocenters. The van der Waals surface area contributed by atoms with Crippen molar-refractivity contribution in [3.63, 3.8) is 0 Å². The first kappa shape index (κ1) is 9.66. The van der Waals surface area contributed by atoms with E-state index in [9.17, 15) is 4.79 Å². The lowest BCUT2D eigenvalue weighted by Crippen LogP contribution is -1.92. The highest BCUT2D eigenvalue weighted by atomic mass is 16.1. The standard InChI is InChI=1S/C14H12O/c15-14(13-8-2-1-3-9-13)11-10-12-6-4-5-7-12/h1-4,6-11H,5H2/b11-10-. The Hall–Kier alpha value is -1.89. The van der Waals surface area contributed by atoms with Gasteiger partial charge in [-0.2, -0.15) is 0 Å². The Morgan fingerprint density at radius 2 is 2.00 bits per heavy atom. The van der Waals surface area contributed by atoms with Crippen LogP contribution >= 0.6 is 0 Å². The number of ketones is 1. The molecule has 0 aromatic heterocycles. The summed E-state index contributed by atoms with van der Waals surface area (Å²) in [5, 5.41) is 0. The summed E-state index contributed by atoms with van der Waals surface area (Å²) in [6, 6.07) is 9.30. The van der Waals surface area contributed by atoms with Crippen LogP contribution in [0.15, 0.2) is 66.3 Å². The average molecular weight is 196 g/mol. The number of rotatable bonds is 3. The molecular formula is C14H12O. The van der Waals surface area contributed by atoms with E-state index in [0.717, 1.165) is 17.6 Å². The molecule has 0 amide bonds. The number of carbonyl (C=O) groups excluding carboxylic acids is 1. The second kappa shape index (κ2) is 4.56. The molecule has 1 nitrogen and oxygen atoms in total. The van der Waals surface area contributed by atoms with Crippen molar-refractivity contribution < 1.29 is 4.79 Å². The second-order valence-electron chi connectivity index (χ2n) is 3.41. The minimum absolute atomic E-state index is 0.0526. The van der Waals surface area contributed by atoms with Crippen LogP contribution in [0.5, 0.6) is 0 Å². The molecule has 0 bridgehead atoms. The molecule has 15 heavy (non-hydrogen) atoms. The lowest BCUT2D eigenvalue weighted by molar-refractivity contribution is 0.104. The van der Waals surface area contributed by atoms with Crippen molar-refractivity contribution in [3.8, 4) is 0 Å². The monoisotopic (exact) mass is 196 g/mol. The molecule has 0 aliphatic heterocycles. The van der Waals surface area contributed by atoms with Crippen LogP contribution in [0.25, 0.3) is 0 Å². The predicted molar refractivity (Wildman–Crippen MR) is 61.8 cm³/mol.